The minimum atomic E-state index is 0.616. The van der Waals surface area contributed by atoms with Crippen LogP contribution >= 0.6 is 11.3 Å². The van der Waals surface area contributed by atoms with Gasteiger partial charge < -0.3 is 5.73 Å². The Morgan fingerprint density at radius 2 is 2.43 bits per heavy atom. The molecular formula is C10H12N3S+. The fourth-order valence-electron chi connectivity index (χ4n) is 1.28. The molecule has 2 aromatic rings. The van der Waals surface area contributed by atoms with Crippen LogP contribution in [0.3, 0.4) is 0 Å². The molecule has 0 fully saturated rings. The predicted octanol–water partition coefficient (Wildman–Crippen LogP) is 1.37. The standard InChI is InChI=1S/C10H12N3S/c1-8-6-14-7-13(8)5-9-3-2-4-12-10(9)11/h2-4,6-7H,5H2,1H3,(H2,11,12)/q+1. The van der Waals surface area contributed by atoms with E-state index in [4.69, 9.17) is 5.73 Å². The van der Waals surface area contributed by atoms with Gasteiger partial charge in [0.2, 0.25) is 5.51 Å². The molecule has 0 spiro atoms. The molecule has 3 nitrogen and oxygen atoms in total. The van der Waals surface area contributed by atoms with E-state index in [1.54, 1.807) is 17.5 Å². The quantitative estimate of drug-likeness (QED) is 0.754. The first-order valence-electron chi connectivity index (χ1n) is 4.39. The van der Waals surface area contributed by atoms with Gasteiger partial charge in [-0.05, 0) is 12.1 Å². The van der Waals surface area contributed by atoms with Gasteiger partial charge in [-0.3, -0.25) is 0 Å². The van der Waals surface area contributed by atoms with Gasteiger partial charge in [-0.25, -0.2) is 4.98 Å². The number of anilines is 1. The van der Waals surface area contributed by atoms with Crippen molar-refractivity contribution >= 4 is 17.2 Å². The predicted molar refractivity (Wildman–Crippen MR) is 57.0 cm³/mol. The van der Waals surface area contributed by atoms with E-state index in [9.17, 15) is 0 Å². The SMILES string of the molecule is Cc1csc[n+]1Cc1cccnc1N. The topological polar surface area (TPSA) is 42.8 Å². The lowest BCUT2D eigenvalue weighted by molar-refractivity contribution is -0.689. The van der Waals surface area contributed by atoms with Crippen LogP contribution in [-0.2, 0) is 6.54 Å². The van der Waals surface area contributed by atoms with E-state index >= 15 is 0 Å². The summed E-state index contributed by atoms with van der Waals surface area (Å²) in [6, 6.07) is 3.92. The Labute approximate surface area is 86.8 Å². The zero-order chi connectivity index (χ0) is 9.97. The summed E-state index contributed by atoms with van der Waals surface area (Å²) in [6.07, 6.45) is 1.71. The molecule has 0 radical (unpaired) electrons. The second-order valence-electron chi connectivity index (χ2n) is 3.18. The molecule has 14 heavy (non-hydrogen) atoms. The zero-order valence-electron chi connectivity index (χ0n) is 7.97. The van der Waals surface area contributed by atoms with Crippen LogP contribution in [0.25, 0.3) is 0 Å². The average Bonchev–Trinajstić information content (AvgIpc) is 2.56. The van der Waals surface area contributed by atoms with Crippen molar-refractivity contribution in [1.29, 1.82) is 0 Å². The summed E-state index contributed by atoms with van der Waals surface area (Å²) in [7, 11) is 0. The van der Waals surface area contributed by atoms with Crippen LogP contribution in [0.1, 0.15) is 11.3 Å². The van der Waals surface area contributed by atoms with Crippen LogP contribution in [0.15, 0.2) is 29.2 Å². The molecule has 0 aromatic carbocycles. The van der Waals surface area contributed by atoms with Crippen LogP contribution in [0.5, 0.6) is 0 Å². The van der Waals surface area contributed by atoms with E-state index in [-0.39, 0.29) is 0 Å². The van der Waals surface area contributed by atoms with Gasteiger partial charge in [-0.1, -0.05) is 11.3 Å². The van der Waals surface area contributed by atoms with Crippen molar-refractivity contribution in [2.75, 3.05) is 5.73 Å². The van der Waals surface area contributed by atoms with E-state index in [0.717, 1.165) is 12.1 Å². The van der Waals surface area contributed by atoms with Gasteiger partial charge in [-0.2, -0.15) is 4.57 Å². The van der Waals surface area contributed by atoms with E-state index in [2.05, 4.69) is 27.4 Å². The summed E-state index contributed by atoms with van der Waals surface area (Å²) in [5.74, 6) is 0.616. The molecule has 0 bridgehead atoms. The first-order chi connectivity index (χ1) is 6.77. The number of nitrogens with two attached hydrogens (primary N) is 1. The van der Waals surface area contributed by atoms with Crippen LogP contribution in [0, 0.1) is 6.92 Å². The van der Waals surface area contributed by atoms with Gasteiger partial charge in [-0.15, -0.1) is 0 Å². The molecule has 0 aliphatic rings. The van der Waals surface area contributed by atoms with Crippen molar-refractivity contribution in [3.63, 3.8) is 0 Å². The van der Waals surface area contributed by atoms with Crippen LogP contribution in [-0.4, -0.2) is 4.98 Å². The summed E-state index contributed by atoms with van der Waals surface area (Å²) >= 11 is 1.69. The van der Waals surface area contributed by atoms with Gasteiger partial charge >= 0.3 is 0 Å². The van der Waals surface area contributed by atoms with Gasteiger partial charge in [0.05, 0.1) is 10.9 Å². The summed E-state index contributed by atoms with van der Waals surface area (Å²) < 4.78 is 2.16. The molecule has 0 unspecified atom stereocenters. The van der Waals surface area contributed by atoms with Crippen molar-refractivity contribution in [2.24, 2.45) is 0 Å². The number of rotatable bonds is 2. The fraction of sp³-hybridized carbons (Fsp3) is 0.200. The third kappa shape index (κ3) is 1.75. The Balaban J connectivity index is 2.28. The van der Waals surface area contributed by atoms with E-state index in [0.29, 0.717) is 5.82 Å². The fourth-order valence-corrected chi connectivity index (χ4v) is 2.06. The molecule has 72 valence electrons. The van der Waals surface area contributed by atoms with Crippen molar-refractivity contribution in [1.82, 2.24) is 4.98 Å². The van der Waals surface area contributed by atoms with Crippen molar-refractivity contribution in [3.8, 4) is 0 Å². The molecule has 4 heteroatoms. The molecule has 2 aromatic heterocycles. The molecule has 0 amide bonds. The van der Waals surface area contributed by atoms with Gasteiger partial charge in [0.15, 0.2) is 12.2 Å². The maximum Gasteiger partial charge on any atom is 0.225 e. The number of thiazole rings is 1. The summed E-state index contributed by atoms with van der Waals surface area (Å²) in [5.41, 5.74) is 10.2. The summed E-state index contributed by atoms with van der Waals surface area (Å²) in [4.78, 5) is 4.06. The zero-order valence-corrected chi connectivity index (χ0v) is 8.79. The van der Waals surface area contributed by atoms with Crippen molar-refractivity contribution in [3.05, 3.63) is 40.5 Å². The summed E-state index contributed by atoms with van der Waals surface area (Å²) in [6.45, 7) is 2.89. The number of nitrogen functional groups attached to an aromatic ring is 1. The molecular weight excluding hydrogens is 194 g/mol. The van der Waals surface area contributed by atoms with Crippen LogP contribution in [0.2, 0.25) is 0 Å². The number of aromatic nitrogens is 2. The Morgan fingerprint density at radius 3 is 3.07 bits per heavy atom. The number of aryl methyl sites for hydroxylation is 1. The summed E-state index contributed by atoms with van der Waals surface area (Å²) in [5, 5.41) is 2.12. The van der Waals surface area contributed by atoms with Crippen molar-refractivity contribution in [2.45, 2.75) is 13.5 Å². The molecule has 0 saturated heterocycles. The first-order valence-corrected chi connectivity index (χ1v) is 5.33. The van der Waals surface area contributed by atoms with E-state index < -0.39 is 0 Å². The maximum atomic E-state index is 5.77. The molecule has 2 rings (SSSR count). The number of hydrogen-bond donors (Lipinski definition) is 1. The third-order valence-corrected chi connectivity index (χ3v) is 3.00. The lowest BCUT2D eigenvalue weighted by Crippen LogP contribution is -2.34. The van der Waals surface area contributed by atoms with Crippen LogP contribution < -0.4 is 10.3 Å². The number of hydrogen-bond acceptors (Lipinski definition) is 3. The average molecular weight is 206 g/mol. The Bertz CT molecular complexity index is 436. The Morgan fingerprint density at radius 1 is 1.57 bits per heavy atom. The minimum Gasteiger partial charge on any atom is -0.383 e. The number of nitrogens with zero attached hydrogens (tertiary/aromatic N) is 2. The maximum absolute atomic E-state index is 5.77. The second-order valence-corrected chi connectivity index (χ2v) is 3.90. The highest BCUT2D eigenvalue weighted by Crippen LogP contribution is 2.07. The van der Waals surface area contributed by atoms with Gasteiger partial charge in [0, 0.05) is 13.1 Å². The highest BCUT2D eigenvalue weighted by atomic mass is 32.1. The van der Waals surface area contributed by atoms with Gasteiger partial charge in [0.25, 0.3) is 0 Å². The lowest BCUT2D eigenvalue weighted by Gasteiger charge is -1.99. The minimum absolute atomic E-state index is 0.616. The molecule has 0 aliphatic heterocycles. The van der Waals surface area contributed by atoms with E-state index in [1.807, 2.05) is 12.1 Å². The second kappa shape index (κ2) is 3.75. The molecule has 0 aliphatic carbocycles. The Hall–Kier alpha value is -1.42. The molecule has 0 saturated carbocycles. The molecule has 0 atom stereocenters. The number of pyridine rings is 1. The monoisotopic (exact) mass is 206 g/mol. The van der Waals surface area contributed by atoms with Crippen molar-refractivity contribution < 1.29 is 4.57 Å². The van der Waals surface area contributed by atoms with E-state index in [1.165, 1.54) is 5.69 Å². The molecule has 2 N–H and O–H groups in total. The first kappa shape index (κ1) is 9.15. The van der Waals surface area contributed by atoms with Crippen LogP contribution in [0.4, 0.5) is 5.82 Å². The van der Waals surface area contributed by atoms with Gasteiger partial charge in [0.1, 0.15) is 5.82 Å². The lowest BCUT2D eigenvalue weighted by atomic mass is 10.2. The Kier molecular flexibility index (Phi) is 2.45. The molecule has 2 heterocycles. The normalized spacial score (nSPS) is 10.4. The largest absolute Gasteiger partial charge is 0.383 e. The smallest absolute Gasteiger partial charge is 0.225 e. The highest BCUT2D eigenvalue weighted by molar-refractivity contribution is 7.07. The third-order valence-electron chi connectivity index (χ3n) is 2.15. The highest BCUT2D eigenvalue weighted by Gasteiger charge is 2.10.